The Kier molecular flexibility index (Phi) is 3.93. The van der Waals surface area contributed by atoms with Crippen molar-refractivity contribution in [2.24, 2.45) is 5.92 Å². The third-order valence-corrected chi connectivity index (χ3v) is 1.67. The third kappa shape index (κ3) is 3.57. The van der Waals surface area contributed by atoms with Crippen molar-refractivity contribution < 1.29 is 9.84 Å². The van der Waals surface area contributed by atoms with Crippen LogP contribution >= 0.6 is 0 Å². The third-order valence-electron chi connectivity index (χ3n) is 1.67. The molecule has 1 N–H and O–H groups in total. The molecular weight excluding hydrogens is 164 g/mol. The first-order valence-corrected chi connectivity index (χ1v) is 4.54. The molecule has 1 rings (SSSR count). The Morgan fingerprint density at radius 3 is 2.38 bits per heavy atom. The van der Waals surface area contributed by atoms with Gasteiger partial charge in [0.2, 0.25) is 0 Å². The summed E-state index contributed by atoms with van der Waals surface area (Å²) in [5, 5.41) is 9.55. The van der Waals surface area contributed by atoms with Crippen LogP contribution in [0.3, 0.4) is 0 Å². The van der Waals surface area contributed by atoms with Crippen LogP contribution in [0.1, 0.15) is 25.7 Å². The molecule has 1 aromatic rings. The zero-order valence-corrected chi connectivity index (χ0v) is 8.10. The molecule has 0 spiro atoms. The van der Waals surface area contributed by atoms with Crippen molar-refractivity contribution in [1.82, 2.24) is 0 Å². The summed E-state index contributed by atoms with van der Waals surface area (Å²) in [6.07, 6.45) is -0.788. The molecule has 0 aliphatic carbocycles. The number of hydrogen-bond acceptors (Lipinski definition) is 2. The largest absolute Gasteiger partial charge is 0.364 e. The highest BCUT2D eigenvalue weighted by Gasteiger charge is 2.06. The Hall–Kier alpha value is -0.860. The molecule has 0 radical (unpaired) electrons. The van der Waals surface area contributed by atoms with Crippen LogP contribution < -0.4 is 0 Å². The van der Waals surface area contributed by atoms with Gasteiger partial charge in [-0.2, -0.15) is 0 Å². The van der Waals surface area contributed by atoms with E-state index in [1.54, 1.807) is 0 Å². The summed E-state index contributed by atoms with van der Waals surface area (Å²) >= 11 is 0. The zero-order chi connectivity index (χ0) is 9.68. The molecule has 0 amide bonds. The van der Waals surface area contributed by atoms with E-state index in [4.69, 9.17) is 4.74 Å². The Labute approximate surface area is 79.2 Å². The van der Waals surface area contributed by atoms with Gasteiger partial charge in [-0.15, -0.1) is 0 Å². The molecule has 0 heterocycles. The van der Waals surface area contributed by atoms with Crippen LogP contribution in [0.4, 0.5) is 0 Å². The van der Waals surface area contributed by atoms with Crippen molar-refractivity contribution in [3.05, 3.63) is 35.9 Å². The second-order valence-corrected chi connectivity index (χ2v) is 3.49. The molecule has 0 saturated heterocycles. The minimum atomic E-state index is -0.788. The van der Waals surface area contributed by atoms with E-state index in [-0.39, 0.29) is 0 Å². The molecule has 1 atom stereocenters. The summed E-state index contributed by atoms with van der Waals surface area (Å²) < 4.78 is 5.24. The fourth-order valence-corrected chi connectivity index (χ4v) is 0.997. The maximum absolute atomic E-state index is 9.55. The Morgan fingerprint density at radius 2 is 1.85 bits per heavy atom. The van der Waals surface area contributed by atoms with Gasteiger partial charge in [0.05, 0.1) is 6.61 Å². The van der Waals surface area contributed by atoms with E-state index in [9.17, 15) is 5.11 Å². The Balaban J connectivity index is 2.44. The highest BCUT2D eigenvalue weighted by atomic mass is 16.6. The summed E-state index contributed by atoms with van der Waals surface area (Å²) in [6.45, 7) is 4.69. The Morgan fingerprint density at radius 1 is 1.23 bits per heavy atom. The first-order valence-electron chi connectivity index (χ1n) is 4.54. The van der Waals surface area contributed by atoms with Gasteiger partial charge >= 0.3 is 0 Å². The van der Waals surface area contributed by atoms with Crippen molar-refractivity contribution >= 4 is 0 Å². The predicted molar refractivity (Wildman–Crippen MR) is 52.2 cm³/mol. The van der Waals surface area contributed by atoms with Gasteiger partial charge in [0.15, 0.2) is 6.29 Å². The number of ether oxygens (including phenoxy) is 1. The fraction of sp³-hybridized carbons (Fsp3) is 0.455. The van der Waals surface area contributed by atoms with Crippen molar-refractivity contribution in [1.29, 1.82) is 0 Å². The summed E-state index contributed by atoms with van der Waals surface area (Å²) in [5.41, 5.74) is 0.808. The maximum atomic E-state index is 9.55. The average molecular weight is 180 g/mol. The molecule has 1 aromatic carbocycles. The van der Waals surface area contributed by atoms with Crippen molar-refractivity contribution in [2.75, 3.05) is 6.61 Å². The van der Waals surface area contributed by atoms with E-state index in [1.807, 2.05) is 30.3 Å². The smallest absolute Gasteiger partial charge is 0.181 e. The molecule has 0 aromatic heterocycles. The lowest BCUT2D eigenvalue weighted by atomic mass is 10.2. The summed E-state index contributed by atoms with van der Waals surface area (Å²) in [4.78, 5) is 0. The van der Waals surface area contributed by atoms with Crippen LogP contribution in [0.5, 0.6) is 0 Å². The molecule has 13 heavy (non-hydrogen) atoms. The van der Waals surface area contributed by atoms with Gasteiger partial charge in [-0.05, 0) is 5.92 Å². The number of rotatable bonds is 4. The molecule has 1 unspecified atom stereocenters. The molecule has 0 bridgehead atoms. The van der Waals surface area contributed by atoms with E-state index >= 15 is 0 Å². The number of aliphatic hydroxyl groups is 1. The number of hydrogen-bond donors (Lipinski definition) is 1. The minimum Gasteiger partial charge on any atom is -0.364 e. The summed E-state index contributed by atoms with van der Waals surface area (Å²) in [7, 11) is 0. The molecule has 0 fully saturated rings. The van der Waals surface area contributed by atoms with E-state index < -0.39 is 6.29 Å². The summed E-state index contributed by atoms with van der Waals surface area (Å²) in [5.74, 6) is 0.443. The Bertz CT molecular complexity index is 231. The van der Waals surface area contributed by atoms with Crippen LogP contribution in [-0.4, -0.2) is 11.7 Å². The van der Waals surface area contributed by atoms with Gasteiger partial charge in [0.1, 0.15) is 0 Å². The first-order chi connectivity index (χ1) is 6.20. The van der Waals surface area contributed by atoms with Gasteiger partial charge in [0, 0.05) is 5.56 Å². The fourth-order valence-electron chi connectivity index (χ4n) is 0.997. The predicted octanol–water partition coefficient (Wildman–Crippen LogP) is 2.35. The van der Waals surface area contributed by atoms with E-state index in [1.165, 1.54) is 0 Å². The zero-order valence-electron chi connectivity index (χ0n) is 8.10. The second kappa shape index (κ2) is 5.00. The normalized spacial score (nSPS) is 13.2. The molecule has 0 aliphatic rings. The van der Waals surface area contributed by atoms with E-state index in [2.05, 4.69) is 13.8 Å². The molecule has 72 valence electrons. The van der Waals surface area contributed by atoms with Crippen LogP contribution in [0.2, 0.25) is 0 Å². The van der Waals surface area contributed by atoms with Crippen LogP contribution in [-0.2, 0) is 4.74 Å². The van der Waals surface area contributed by atoms with Crippen molar-refractivity contribution in [2.45, 2.75) is 20.1 Å². The van der Waals surface area contributed by atoms with Gasteiger partial charge in [-0.3, -0.25) is 0 Å². The highest BCUT2D eigenvalue weighted by Crippen LogP contribution is 2.14. The van der Waals surface area contributed by atoms with Crippen molar-refractivity contribution in [3.63, 3.8) is 0 Å². The molecule has 0 aliphatic heterocycles. The van der Waals surface area contributed by atoms with Gasteiger partial charge < -0.3 is 9.84 Å². The number of aliphatic hydroxyl groups excluding tert-OH is 1. The molecule has 2 nitrogen and oxygen atoms in total. The van der Waals surface area contributed by atoms with Gasteiger partial charge in [-0.25, -0.2) is 0 Å². The quantitative estimate of drug-likeness (QED) is 0.721. The second-order valence-electron chi connectivity index (χ2n) is 3.49. The van der Waals surface area contributed by atoms with Gasteiger partial charge in [-0.1, -0.05) is 44.2 Å². The highest BCUT2D eigenvalue weighted by molar-refractivity contribution is 5.15. The molecule has 0 saturated carbocycles. The van der Waals surface area contributed by atoms with Crippen LogP contribution in [0.15, 0.2) is 30.3 Å². The maximum Gasteiger partial charge on any atom is 0.181 e. The van der Waals surface area contributed by atoms with Crippen LogP contribution in [0.25, 0.3) is 0 Å². The summed E-state index contributed by atoms with van der Waals surface area (Å²) in [6, 6.07) is 9.39. The van der Waals surface area contributed by atoms with Gasteiger partial charge in [0.25, 0.3) is 0 Å². The lowest BCUT2D eigenvalue weighted by Crippen LogP contribution is -2.08. The topological polar surface area (TPSA) is 29.5 Å². The minimum absolute atomic E-state index is 0.443. The molecular formula is C11H16O2. The standard InChI is InChI=1S/C11H16O2/c1-9(2)8-13-11(12)10-6-4-3-5-7-10/h3-7,9,11-12H,8H2,1-2H3. The lowest BCUT2D eigenvalue weighted by Gasteiger charge is -2.13. The monoisotopic (exact) mass is 180 g/mol. The first kappa shape index (κ1) is 10.2. The van der Waals surface area contributed by atoms with Crippen LogP contribution in [0, 0.1) is 5.92 Å². The van der Waals surface area contributed by atoms with E-state index in [0.29, 0.717) is 12.5 Å². The number of benzene rings is 1. The lowest BCUT2D eigenvalue weighted by molar-refractivity contribution is -0.110. The SMILES string of the molecule is CC(C)COC(O)c1ccccc1. The van der Waals surface area contributed by atoms with Crippen molar-refractivity contribution in [3.8, 4) is 0 Å². The molecule has 2 heteroatoms. The average Bonchev–Trinajstić information content (AvgIpc) is 2.15. The van der Waals surface area contributed by atoms with E-state index in [0.717, 1.165) is 5.56 Å².